The second-order valence-corrected chi connectivity index (χ2v) is 6.39. The zero-order valence-electron chi connectivity index (χ0n) is 12.7. The van der Waals surface area contributed by atoms with Gasteiger partial charge in [0.1, 0.15) is 5.01 Å². The molecule has 0 spiro atoms. The molecule has 0 saturated carbocycles. The highest BCUT2D eigenvalue weighted by atomic mass is 32.1. The van der Waals surface area contributed by atoms with Gasteiger partial charge in [-0.15, -0.1) is 11.3 Å². The Kier molecular flexibility index (Phi) is 4.59. The van der Waals surface area contributed by atoms with Crippen LogP contribution in [0, 0.1) is 0 Å². The van der Waals surface area contributed by atoms with Crippen LogP contribution < -0.4 is 0 Å². The van der Waals surface area contributed by atoms with Crippen molar-refractivity contribution < 1.29 is 23.1 Å². The maximum absolute atomic E-state index is 12.9. The second kappa shape index (κ2) is 6.68. The first-order valence-corrected chi connectivity index (χ1v) is 8.11. The molecule has 25 heavy (non-hydrogen) atoms. The van der Waals surface area contributed by atoms with E-state index in [1.807, 2.05) is 6.07 Å². The lowest BCUT2D eigenvalue weighted by molar-refractivity contribution is -0.138. The number of carboxylic acid groups (broad SMARTS) is 1. The van der Waals surface area contributed by atoms with Crippen LogP contribution in [0.25, 0.3) is 21.8 Å². The third-order valence-corrected chi connectivity index (χ3v) is 4.60. The monoisotopic (exact) mass is 363 g/mol. The molecule has 0 saturated heterocycles. The average molecular weight is 363 g/mol. The molecule has 0 aliphatic rings. The zero-order chi connectivity index (χ0) is 18.0. The lowest BCUT2D eigenvalue weighted by Gasteiger charge is -2.07. The van der Waals surface area contributed by atoms with Gasteiger partial charge in [-0.05, 0) is 12.1 Å². The van der Waals surface area contributed by atoms with Crippen LogP contribution in [0.2, 0.25) is 0 Å². The Morgan fingerprint density at radius 1 is 1.04 bits per heavy atom. The third kappa shape index (κ3) is 3.88. The van der Waals surface area contributed by atoms with Crippen LogP contribution in [-0.2, 0) is 17.4 Å². The maximum Gasteiger partial charge on any atom is 0.416 e. The summed E-state index contributed by atoms with van der Waals surface area (Å²) in [5.74, 6) is -1.02. The quantitative estimate of drug-likeness (QED) is 0.700. The van der Waals surface area contributed by atoms with Gasteiger partial charge in [-0.1, -0.05) is 42.5 Å². The highest BCUT2D eigenvalue weighted by Crippen LogP contribution is 2.37. The largest absolute Gasteiger partial charge is 0.481 e. The van der Waals surface area contributed by atoms with Crippen LogP contribution in [0.15, 0.2) is 54.6 Å². The fraction of sp³-hybridized carbons (Fsp3) is 0.111. The van der Waals surface area contributed by atoms with E-state index in [2.05, 4.69) is 4.98 Å². The molecule has 0 aliphatic carbocycles. The Morgan fingerprint density at radius 2 is 1.72 bits per heavy atom. The molecule has 0 atom stereocenters. The van der Waals surface area contributed by atoms with Gasteiger partial charge in [-0.25, -0.2) is 4.98 Å². The van der Waals surface area contributed by atoms with E-state index in [0.717, 1.165) is 29.0 Å². The van der Waals surface area contributed by atoms with Crippen molar-refractivity contribution in [3.63, 3.8) is 0 Å². The predicted octanol–water partition coefficient (Wildman–Crippen LogP) is 5.12. The first-order valence-electron chi connectivity index (χ1n) is 7.29. The number of aliphatic carboxylic acids is 1. The van der Waals surface area contributed by atoms with Gasteiger partial charge < -0.3 is 5.11 Å². The average Bonchev–Trinajstić information content (AvgIpc) is 2.98. The van der Waals surface area contributed by atoms with Crippen molar-refractivity contribution in [2.45, 2.75) is 12.6 Å². The minimum absolute atomic E-state index is 0.235. The van der Waals surface area contributed by atoms with Crippen LogP contribution in [0.1, 0.15) is 10.4 Å². The third-order valence-electron chi connectivity index (χ3n) is 3.49. The Morgan fingerprint density at radius 3 is 2.36 bits per heavy atom. The van der Waals surface area contributed by atoms with Crippen molar-refractivity contribution >= 4 is 17.3 Å². The number of halogens is 3. The predicted molar refractivity (Wildman–Crippen MR) is 89.3 cm³/mol. The van der Waals surface area contributed by atoms with E-state index in [-0.39, 0.29) is 6.42 Å². The van der Waals surface area contributed by atoms with Gasteiger partial charge in [0, 0.05) is 16.0 Å². The summed E-state index contributed by atoms with van der Waals surface area (Å²) in [6.07, 6.45) is -4.68. The van der Waals surface area contributed by atoms with Crippen LogP contribution in [-0.4, -0.2) is 16.1 Å². The number of nitrogens with zero attached hydrogens (tertiary/aromatic N) is 1. The number of hydrogen-bond donors (Lipinski definition) is 1. The van der Waals surface area contributed by atoms with E-state index in [1.165, 1.54) is 12.1 Å². The molecule has 0 radical (unpaired) electrons. The van der Waals surface area contributed by atoms with Gasteiger partial charge in [-0.3, -0.25) is 4.79 Å². The lowest BCUT2D eigenvalue weighted by Crippen LogP contribution is -2.04. The molecule has 1 N–H and O–H groups in total. The number of benzene rings is 2. The van der Waals surface area contributed by atoms with E-state index >= 15 is 0 Å². The van der Waals surface area contributed by atoms with Crippen molar-refractivity contribution in [3.05, 3.63) is 65.0 Å². The maximum atomic E-state index is 12.9. The number of aromatic nitrogens is 1. The van der Waals surface area contributed by atoms with E-state index in [4.69, 9.17) is 5.11 Å². The molecule has 3 aromatic rings. The Labute approximate surface area is 145 Å². The minimum Gasteiger partial charge on any atom is -0.481 e. The number of carboxylic acids is 1. The van der Waals surface area contributed by atoms with Crippen LogP contribution >= 0.6 is 11.3 Å². The standard InChI is InChI=1S/C18H12F3NO2S/c19-18(20,21)13-8-4-7-12(9-13)17-22-16(11-5-2-1-3-6-11)14(25-17)10-15(23)24/h1-9H,10H2,(H,23,24). The molecule has 1 aromatic heterocycles. The van der Waals surface area contributed by atoms with Gasteiger partial charge in [-0.2, -0.15) is 13.2 Å². The summed E-state index contributed by atoms with van der Waals surface area (Å²) in [4.78, 5) is 16.0. The molecule has 3 nitrogen and oxygen atoms in total. The first-order chi connectivity index (χ1) is 11.8. The molecule has 0 aliphatic heterocycles. The van der Waals surface area contributed by atoms with Gasteiger partial charge in [0.05, 0.1) is 17.7 Å². The summed E-state index contributed by atoms with van der Waals surface area (Å²) in [6, 6.07) is 13.9. The number of rotatable bonds is 4. The molecule has 3 rings (SSSR count). The van der Waals surface area contributed by atoms with Crippen LogP contribution in [0.3, 0.4) is 0 Å². The highest BCUT2D eigenvalue weighted by Gasteiger charge is 2.30. The van der Waals surface area contributed by atoms with Crippen molar-refractivity contribution in [1.29, 1.82) is 0 Å². The molecule has 0 amide bonds. The molecule has 128 valence electrons. The Bertz CT molecular complexity index is 904. The lowest BCUT2D eigenvalue weighted by atomic mass is 10.1. The molecular weight excluding hydrogens is 351 g/mol. The summed E-state index contributed by atoms with van der Waals surface area (Å²) in [5, 5.41) is 9.46. The normalized spacial score (nSPS) is 11.5. The molecule has 0 unspecified atom stereocenters. The highest BCUT2D eigenvalue weighted by molar-refractivity contribution is 7.15. The fourth-order valence-electron chi connectivity index (χ4n) is 2.38. The summed E-state index contributed by atoms with van der Waals surface area (Å²) in [7, 11) is 0. The van der Waals surface area contributed by atoms with E-state index in [1.54, 1.807) is 24.3 Å². The molecular formula is C18H12F3NO2S. The van der Waals surface area contributed by atoms with E-state index < -0.39 is 17.7 Å². The summed E-state index contributed by atoms with van der Waals surface area (Å²) in [5.41, 5.74) is 0.767. The second-order valence-electron chi connectivity index (χ2n) is 5.31. The summed E-state index contributed by atoms with van der Waals surface area (Å²) >= 11 is 1.10. The van der Waals surface area contributed by atoms with Crippen molar-refractivity contribution in [3.8, 4) is 21.8 Å². The Hall–Kier alpha value is -2.67. The van der Waals surface area contributed by atoms with E-state index in [0.29, 0.717) is 21.1 Å². The molecule has 1 heterocycles. The number of carbonyl (C=O) groups is 1. The smallest absolute Gasteiger partial charge is 0.416 e. The number of hydrogen-bond acceptors (Lipinski definition) is 3. The van der Waals surface area contributed by atoms with Crippen LogP contribution in [0.5, 0.6) is 0 Å². The van der Waals surface area contributed by atoms with Gasteiger partial charge in [0.15, 0.2) is 0 Å². The minimum atomic E-state index is -4.45. The SMILES string of the molecule is O=C(O)Cc1sc(-c2cccc(C(F)(F)F)c2)nc1-c1ccccc1. The van der Waals surface area contributed by atoms with Crippen molar-refractivity contribution in [1.82, 2.24) is 4.98 Å². The number of thiazole rings is 1. The van der Waals surface area contributed by atoms with Gasteiger partial charge in [0.25, 0.3) is 0 Å². The van der Waals surface area contributed by atoms with Crippen molar-refractivity contribution in [2.75, 3.05) is 0 Å². The summed E-state index contributed by atoms with van der Waals surface area (Å²) < 4.78 is 38.7. The first kappa shape index (κ1) is 17.2. The van der Waals surface area contributed by atoms with Gasteiger partial charge in [0.2, 0.25) is 0 Å². The van der Waals surface area contributed by atoms with Crippen molar-refractivity contribution in [2.24, 2.45) is 0 Å². The molecule has 0 bridgehead atoms. The van der Waals surface area contributed by atoms with Crippen LogP contribution in [0.4, 0.5) is 13.2 Å². The zero-order valence-corrected chi connectivity index (χ0v) is 13.6. The van der Waals surface area contributed by atoms with Gasteiger partial charge >= 0.3 is 12.1 Å². The topological polar surface area (TPSA) is 50.2 Å². The molecule has 7 heteroatoms. The Balaban J connectivity index is 2.09. The molecule has 0 fully saturated rings. The number of alkyl halides is 3. The fourth-order valence-corrected chi connectivity index (χ4v) is 3.45. The molecule has 2 aromatic carbocycles. The van der Waals surface area contributed by atoms with E-state index in [9.17, 15) is 18.0 Å². The summed E-state index contributed by atoms with van der Waals surface area (Å²) in [6.45, 7) is 0.